The Morgan fingerprint density at radius 2 is 2.21 bits per heavy atom. The van der Waals surface area contributed by atoms with Crippen molar-refractivity contribution in [2.75, 3.05) is 11.4 Å². The summed E-state index contributed by atoms with van der Waals surface area (Å²) in [5.74, 6) is 1.66. The maximum Gasteiger partial charge on any atom is 0.175 e. The van der Waals surface area contributed by atoms with Crippen molar-refractivity contribution in [3.8, 4) is 0 Å². The molecule has 0 amide bonds. The van der Waals surface area contributed by atoms with Gasteiger partial charge in [-0.15, -0.1) is 0 Å². The van der Waals surface area contributed by atoms with Crippen LogP contribution >= 0.6 is 0 Å². The van der Waals surface area contributed by atoms with Gasteiger partial charge in [0.1, 0.15) is 5.82 Å². The molecular weight excluding hydrogens is 242 g/mol. The van der Waals surface area contributed by atoms with Crippen LogP contribution in [0.2, 0.25) is 0 Å². The minimum absolute atomic E-state index is 0.134. The molecule has 19 heavy (non-hydrogen) atoms. The Morgan fingerprint density at radius 3 is 2.79 bits per heavy atom. The first-order valence-corrected chi connectivity index (χ1v) is 6.75. The highest BCUT2D eigenvalue weighted by Crippen LogP contribution is 2.32. The SMILES string of the molecule is Cc1nn(C)c(N2CCCC2C(C)C)c1C(N)=NO. The highest BCUT2D eigenvalue weighted by molar-refractivity contribution is 6.02. The van der Waals surface area contributed by atoms with Crippen molar-refractivity contribution in [3.05, 3.63) is 11.3 Å². The summed E-state index contributed by atoms with van der Waals surface area (Å²) in [6.45, 7) is 7.34. The molecule has 1 saturated heterocycles. The molecule has 1 aromatic rings. The average molecular weight is 265 g/mol. The van der Waals surface area contributed by atoms with E-state index < -0.39 is 0 Å². The van der Waals surface area contributed by atoms with E-state index in [1.165, 1.54) is 12.8 Å². The predicted octanol–water partition coefficient (Wildman–Crippen LogP) is 1.45. The summed E-state index contributed by atoms with van der Waals surface area (Å²) in [6, 6.07) is 0.486. The number of anilines is 1. The number of nitrogens with zero attached hydrogens (tertiary/aromatic N) is 4. The molecule has 1 aliphatic rings. The Hall–Kier alpha value is -1.72. The van der Waals surface area contributed by atoms with Gasteiger partial charge in [0.15, 0.2) is 5.84 Å². The zero-order valence-electron chi connectivity index (χ0n) is 12.1. The molecule has 0 spiro atoms. The molecule has 1 aromatic heterocycles. The lowest BCUT2D eigenvalue weighted by Gasteiger charge is -2.30. The average Bonchev–Trinajstić information content (AvgIpc) is 2.92. The number of aromatic nitrogens is 2. The van der Waals surface area contributed by atoms with Gasteiger partial charge in [0, 0.05) is 19.6 Å². The molecule has 0 radical (unpaired) electrons. The molecule has 1 fully saturated rings. The number of amidine groups is 1. The van der Waals surface area contributed by atoms with Gasteiger partial charge in [-0.05, 0) is 25.7 Å². The lowest BCUT2D eigenvalue weighted by atomic mass is 10.0. The zero-order chi connectivity index (χ0) is 14.2. The summed E-state index contributed by atoms with van der Waals surface area (Å²) < 4.78 is 1.84. The number of aryl methyl sites for hydroxylation is 2. The maximum absolute atomic E-state index is 8.97. The van der Waals surface area contributed by atoms with Crippen LogP contribution in [0.3, 0.4) is 0 Å². The van der Waals surface area contributed by atoms with E-state index in [0.29, 0.717) is 12.0 Å². The van der Waals surface area contributed by atoms with Crippen LogP contribution < -0.4 is 10.6 Å². The predicted molar refractivity (Wildman–Crippen MR) is 75.7 cm³/mol. The highest BCUT2D eigenvalue weighted by Gasteiger charge is 2.32. The monoisotopic (exact) mass is 265 g/mol. The Balaban J connectivity index is 2.50. The second-order valence-electron chi connectivity index (χ2n) is 5.54. The molecule has 2 heterocycles. The number of oxime groups is 1. The third-order valence-electron chi connectivity index (χ3n) is 3.90. The fourth-order valence-corrected chi connectivity index (χ4v) is 3.07. The van der Waals surface area contributed by atoms with Crippen LogP contribution in [0.4, 0.5) is 5.82 Å². The molecule has 0 aromatic carbocycles. The quantitative estimate of drug-likeness (QED) is 0.375. The minimum Gasteiger partial charge on any atom is -0.409 e. The summed E-state index contributed by atoms with van der Waals surface area (Å²) in [7, 11) is 1.91. The second-order valence-corrected chi connectivity index (χ2v) is 5.54. The first-order valence-electron chi connectivity index (χ1n) is 6.75. The van der Waals surface area contributed by atoms with Crippen molar-refractivity contribution < 1.29 is 5.21 Å². The van der Waals surface area contributed by atoms with E-state index in [-0.39, 0.29) is 5.84 Å². The molecular formula is C13H23N5O. The van der Waals surface area contributed by atoms with Gasteiger partial charge in [-0.25, -0.2) is 0 Å². The maximum atomic E-state index is 8.97. The van der Waals surface area contributed by atoms with E-state index >= 15 is 0 Å². The van der Waals surface area contributed by atoms with E-state index in [1.807, 2.05) is 18.7 Å². The van der Waals surface area contributed by atoms with Crippen LogP contribution in [0.1, 0.15) is 37.9 Å². The lowest BCUT2D eigenvalue weighted by Crippen LogP contribution is -2.36. The summed E-state index contributed by atoms with van der Waals surface area (Å²) >= 11 is 0. The topological polar surface area (TPSA) is 79.7 Å². The van der Waals surface area contributed by atoms with Gasteiger partial charge < -0.3 is 15.8 Å². The van der Waals surface area contributed by atoms with E-state index in [9.17, 15) is 0 Å². The van der Waals surface area contributed by atoms with Crippen LogP contribution in [-0.4, -0.2) is 33.4 Å². The molecule has 1 aliphatic heterocycles. The van der Waals surface area contributed by atoms with Crippen LogP contribution in [0.15, 0.2) is 5.16 Å². The van der Waals surface area contributed by atoms with Gasteiger partial charge in [-0.3, -0.25) is 4.68 Å². The number of rotatable bonds is 3. The Kier molecular flexibility index (Phi) is 3.68. The number of hydrogen-bond donors (Lipinski definition) is 2. The first-order chi connectivity index (χ1) is 8.97. The molecule has 0 aliphatic carbocycles. The van der Waals surface area contributed by atoms with Gasteiger partial charge >= 0.3 is 0 Å². The standard InChI is InChI=1S/C13H23N5O/c1-8(2)10-6-5-7-18(10)13-11(12(14)16-19)9(3)15-17(13)4/h8,10,19H,5-7H2,1-4H3,(H2,14,16). The van der Waals surface area contributed by atoms with E-state index in [2.05, 4.69) is 29.0 Å². The molecule has 1 atom stereocenters. The summed E-state index contributed by atoms with van der Waals surface area (Å²) in [6.07, 6.45) is 2.35. The highest BCUT2D eigenvalue weighted by atomic mass is 16.4. The van der Waals surface area contributed by atoms with Crippen molar-refractivity contribution in [1.29, 1.82) is 0 Å². The van der Waals surface area contributed by atoms with E-state index in [0.717, 1.165) is 23.6 Å². The van der Waals surface area contributed by atoms with Gasteiger partial charge in [-0.2, -0.15) is 5.10 Å². The second kappa shape index (κ2) is 5.11. The molecule has 106 valence electrons. The number of hydrogen-bond acceptors (Lipinski definition) is 4. The van der Waals surface area contributed by atoms with Crippen molar-refractivity contribution in [3.63, 3.8) is 0 Å². The van der Waals surface area contributed by atoms with Crippen molar-refractivity contribution in [2.45, 2.75) is 39.7 Å². The van der Waals surface area contributed by atoms with Crippen LogP contribution in [0.5, 0.6) is 0 Å². The summed E-state index contributed by atoms with van der Waals surface area (Å²) in [5.41, 5.74) is 7.36. The minimum atomic E-state index is 0.134. The van der Waals surface area contributed by atoms with Gasteiger partial charge in [0.05, 0.1) is 11.3 Å². The Morgan fingerprint density at radius 1 is 1.53 bits per heavy atom. The van der Waals surface area contributed by atoms with Crippen LogP contribution in [-0.2, 0) is 7.05 Å². The fourth-order valence-electron chi connectivity index (χ4n) is 3.07. The van der Waals surface area contributed by atoms with Crippen molar-refractivity contribution in [1.82, 2.24) is 9.78 Å². The molecule has 3 N–H and O–H groups in total. The molecule has 0 saturated carbocycles. The molecule has 6 nitrogen and oxygen atoms in total. The molecule has 0 bridgehead atoms. The van der Waals surface area contributed by atoms with Crippen molar-refractivity contribution in [2.24, 2.45) is 23.9 Å². The third kappa shape index (κ3) is 2.27. The third-order valence-corrected chi connectivity index (χ3v) is 3.90. The van der Waals surface area contributed by atoms with Gasteiger partial charge in [0.2, 0.25) is 0 Å². The number of nitrogens with two attached hydrogens (primary N) is 1. The smallest absolute Gasteiger partial charge is 0.175 e. The normalized spacial score (nSPS) is 20.6. The zero-order valence-corrected chi connectivity index (χ0v) is 12.1. The van der Waals surface area contributed by atoms with Crippen LogP contribution in [0, 0.1) is 12.8 Å². The first kappa shape index (κ1) is 13.7. The molecule has 1 unspecified atom stereocenters. The van der Waals surface area contributed by atoms with Crippen molar-refractivity contribution >= 4 is 11.7 Å². The fraction of sp³-hybridized carbons (Fsp3) is 0.692. The summed E-state index contributed by atoms with van der Waals surface area (Å²) in [5, 5.41) is 16.5. The van der Waals surface area contributed by atoms with Gasteiger partial charge in [-0.1, -0.05) is 19.0 Å². The Labute approximate surface area is 113 Å². The lowest BCUT2D eigenvalue weighted by molar-refractivity contribution is 0.318. The molecule has 2 rings (SSSR count). The van der Waals surface area contributed by atoms with E-state index in [4.69, 9.17) is 10.9 Å². The van der Waals surface area contributed by atoms with Crippen LogP contribution in [0.25, 0.3) is 0 Å². The summed E-state index contributed by atoms with van der Waals surface area (Å²) in [4.78, 5) is 2.35. The Bertz CT molecular complexity index is 491. The van der Waals surface area contributed by atoms with E-state index in [1.54, 1.807) is 0 Å². The molecule has 6 heteroatoms. The van der Waals surface area contributed by atoms with Gasteiger partial charge in [0.25, 0.3) is 0 Å². The largest absolute Gasteiger partial charge is 0.409 e.